The van der Waals surface area contributed by atoms with Crippen molar-refractivity contribution < 1.29 is 4.79 Å². The van der Waals surface area contributed by atoms with Crippen LogP contribution in [0.15, 0.2) is 35.8 Å². The van der Waals surface area contributed by atoms with Crippen LogP contribution in [0.5, 0.6) is 0 Å². The van der Waals surface area contributed by atoms with Gasteiger partial charge in [-0.25, -0.2) is 0 Å². The Bertz CT molecular complexity index is 357. The summed E-state index contributed by atoms with van der Waals surface area (Å²) in [5.41, 5.74) is 2.08. The Hall–Kier alpha value is -0.890. The third-order valence-electron chi connectivity index (χ3n) is 2.34. The normalized spacial score (nSPS) is 18.4. The Morgan fingerprint density at radius 3 is 2.64 bits per heavy atom. The van der Waals surface area contributed by atoms with E-state index in [-0.39, 0.29) is 11.7 Å². The van der Waals surface area contributed by atoms with Crippen molar-refractivity contribution in [3.63, 3.8) is 0 Å². The van der Waals surface area contributed by atoms with E-state index in [9.17, 15) is 4.79 Å². The fourth-order valence-electron chi connectivity index (χ4n) is 1.66. The number of halogens is 1. The molecule has 1 aliphatic carbocycles. The minimum atomic E-state index is 0.165. The summed E-state index contributed by atoms with van der Waals surface area (Å²) < 4.78 is 1.07. The van der Waals surface area contributed by atoms with E-state index in [0.29, 0.717) is 0 Å². The molecule has 0 saturated heterocycles. The predicted octanol–water partition coefficient (Wildman–Crippen LogP) is 3.63. The fourth-order valence-corrected chi connectivity index (χ4v) is 2.19. The zero-order valence-electron chi connectivity index (χ0n) is 8.22. The Morgan fingerprint density at radius 1 is 1.43 bits per heavy atom. The highest BCUT2D eigenvalue weighted by Crippen LogP contribution is 2.31. The fraction of sp³-hybridized carbons (Fsp3) is 0.250. The Labute approximate surface area is 93.0 Å². The second-order valence-electron chi connectivity index (χ2n) is 3.24. The lowest BCUT2D eigenvalue weighted by molar-refractivity contribution is 0.0946. The van der Waals surface area contributed by atoms with Crippen molar-refractivity contribution in [3.8, 4) is 0 Å². The van der Waals surface area contributed by atoms with Crippen LogP contribution in [0.4, 0.5) is 0 Å². The molecule has 2 rings (SSSR count). The summed E-state index contributed by atoms with van der Waals surface area (Å²) in [5.74, 6) is 0.449. The van der Waals surface area contributed by atoms with Crippen molar-refractivity contribution in [3.05, 3.63) is 47.0 Å². The van der Waals surface area contributed by atoms with Crippen LogP contribution < -0.4 is 0 Å². The van der Waals surface area contributed by atoms with Gasteiger partial charge in [0.2, 0.25) is 0 Å². The van der Waals surface area contributed by atoms with Crippen molar-refractivity contribution >= 4 is 21.7 Å². The maximum absolute atomic E-state index is 11.5. The lowest BCUT2D eigenvalue weighted by Crippen LogP contribution is -2.02. The highest BCUT2D eigenvalue weighted by Gasteiger charge is 2.27. The molecule has 0 radical (unpaired) electrons. The van der Waals surface area contributed by atoms with Crippen molar-refractivity contribution in [2.24, 2.45) is 5.92 Å². The summed E-state index contributed by atoms with van der Waals surface area (Å²) in [6.07, 6.45) is 0.885. The maximum Gasteiger partial charge on any atom is 0.166 e. The van der Waals surface area contributed by atoms with Gasteiger partial charge >= 0.3 is 0 Å². The first kappa shape index (κ1) is 11.2. The minimum Gasteiger partial charge on any atom is -0.294 e. The van der Waals surface area contributed by atoms with Gasteiger partial charge in [-0.1, -0.05) is 35.0 Å². The van der Waals surface area contributed by atoms with Crippen LogP contribution in [0.2, 0.25) is 0 Å². The van der Waals surface area contributed by atoms with Gasteiger partial charge in [-0.15, -0.1) is 13.2 Å². The standard InChI is InChI=1S/C10H9BrO.C2H4/c1-6-5-8-7(10(6)12)3-2-4-9(8)11;1-2/h2-4,6H,5H2,1H3;1-2H2. The molecule has 0 spiro atoms. The van der Waals surface area contributed by atoms with E-state index < -0.39 is 0 Å². The third kappa shape index (κ3) is 1.80. The monoisotopic (exact) mass is 252 g/mol. The van der Waals surface area contributed by atoms with Crippen LogP contribution in [0, 0.1) is 5.92 Å². The molecule has 1 aromatic rings. The first-order chi connectivity index (χ1) is 6.70. The van der Waals surface area contributed by atoms with Crippen molar-refractivity contribution in [1.82, 2.24) is 0 Å². The van der Waals surface area contributed by atoms with Crippen molar-refractivity contribution in [2.45, 2.75) is 13.3 Å². The lowest BCUT2D eigenvalue weighted by Gasteiger charge is -1.98. The van der Waals surface area contributed by atoms with Gasteiger partial charge < -0.3 is 0 Å². The first-order valence-electron chi connectivity index (χ1n) is 4.51. The number of hydrogen-bond acceptors (Lipinski definition) is 1. The van der Waals surface area contributed by atoms with E-state index in [1.54, 1.807) is 0 Å². The van der Waals surface area contributed by atoms with Crippen molar-refractivity contribution in [1.29, 1.82) is 0 Å². The number of rotatable bonds is 0. The van der Waals surface area contributed by atoms with Crippen LogP contribution in [0.3, 0.4) is 0 Å². The molecule has 1 atom stereocenters. The van der Waals surface area contributed by atoms with Crippen LogP contribution in [0.25, 0.3) is 0 Å². The Balaban J connectivity index is 0.000000461. The molecule has 0 fully saturated rings. The molecular weight excluding hydrogens is 240 g/mol. The molecule has 1 aliphatic rings. The number of hydrogen-bond donors (Lipinski definition) is 0. The van der Waals surface area contributed by atoms with E-state index in [2.05, 4.69) is 29.1 Å². The number of ketones is 1. The molecule has 0 aliphatic heterocycles. The summed E-state index contributed by atoms with van der Waals surface area (Å²) >= 11 is 3.45. The average Bonchev–Trinajstić information content (AvgIpc) is 2.50. The van der Waals surface area contributed by atoms with E-state index in [1.165, 1.54) is 5.56 Å². The van der Waals surface area contributed by atoms with Crippen LogP contribution in [-0.2, 0) is 6.42 Å². The molecule has 14 heavy (non-hydrogen) atoms. The van der Waals surface area contributed by atoms with Crippen LogP contribution in [0.1, 0.15) is 22.8 Å². The molecule has 0 saturated carbocycles. The molecule has 2 heteroatoms. The highest BCUT2D eigenvalue weighted by atomic mass is 79.9. The van der Waals surface area contributed by atoms with Gasteiger partial charge in [0.25, 0.3) is 0 Å². The zero-order valence-corrected chi connectivity index (χ0v) is 9.80. The van der Waals surface area contributed by atoms with E-state index in [0.717, 1.165) is 16.5 Å². The Morgan fingerprint density at radius 2 is 2.07 bits per heavy atom. The topological polar surface area (TPSA) is 17.1 Å². The molecule has 0 N–H and O–H groups in total. The van der Waals surface area contributed by atoms with E-state index in [1.807, 2.05) is 25.1 Å². The Kier molecular flexibility index (Phi) is 3.64. The first-order valence-corrected chi connectivity index (χ1v) is 5.31. The number of fused-ring (bicyclic) bond motifs is 1. The molecule has 0 bridgehead atoms. The highest BCUT2D eigenvalue weighted by molar-refractivity contribution is 9.10. The second-order valence-corrected chi connectivity index (χ2v) is 4.09. The predicted molar refractivity (Wildman–Crippen MR) is 62.6 cm³/mol. The largest absolute Gasteiger partial charge is 0.294 e. The lowest BCUT2D eigenvalue weighted by atomic mass is 10.1. The summed E-state index contributed by atoms with van der Waals surface area (Å²) in [4.78, 5) is 11.5. The van der Waals surface area contributed by atoms with Gasteiger partial charge in [0.15, 0.2) is 5.78 Å². The number of carbonyl (C=O) groups excluding carboxylic acids is 1. The summed E-state index contributed by atoms with van der Waals surface area (Å²) in [6, 6.07) is 5.81. The molecule has 1 aromatic carbocycles. The molecule has 74 valence electrons. The van der Waals surface area contributed by atoms with Crippen LogP contribution in [-0.4, -0.2) is 5.78 Å². The SMILES string of the molecule is C=C.CC1Cc2c(Br)cccc2C1=O. The molecule has 1 nitrogen and oxygen atoms in total. The van der Waals surface area contributed by atoms with Gasteiger partial charge in [-0.05, 0) is 18.1 Å². The van der Waals surface area contributed by atoms with E-state index >= 15 is 0 Å². The third-order valence-corrected chi connectivity index (χ3v) is 3.09. The molecular formula is C12H13BrO. The zero-order chi connectivity index (χ0) is 10.7. The summed E-state index contributed by atoms with van der Waals surface area (Å²) in [5, 5.41) is 0. The minimum absolute atomic E-state index is 0.165. The number of benzene rings is 1. The number of Topliss-reactive ketones (excluding diaryl/α,β-unsaturated/α-hetero) is 1. The summed E-state index contributed by atoms with van der Waals surface area (Å²) in [6.45, 7) is 7.98. The van der Waals surface area contributed by atoms with Gasteiger partial charge in [-0.3, -0.25) is 4.79 Å². The summed E-state index contributed by atoms with van der Waals surface area (Å²) in [7, 11) is 0. The smallest absolute Gasteiger partial charge is 0.166 e. The molecule has 0 amide bonds. The molecule has 0 aromatic heterocycles. The maximum atomic E-state index is 11.5. The number of carbonyl (C=O) groups is 1. The van der Waals surface area contributed by atoms with Gasteiger partial charge in [-0.2, -0.15) is 0 Å². The quantitative estimate of drug-likeness (QED) is 0.645. The van der Waals surface area contributed by atoms with Gasteiger partial charge in [0.05, 0.1) is 0 Å². The van der Waals surface area contributed by atoms with Gasteiger partial charge in [0, 0.05) is 16.0 Å². The van der Waals surface area contributed by atoms with Gasteiger partial charge in [0.1, 0.15) is 0 Å². The second kappa shape index (κ2) is 4.56. The average molecular weight is 253 g/mol. The molecule has 0 heterocycles. The van der Waals surface area contributed by atoms with E-state index in [4.69, 9.17) is 0 Å². The van der Waals surface area contributed by atoms with Crippen LogP contribution >= 0.6 is 15.9 Å². The van der Waals surface area contributed by atoms with Crippen molar-refractivity contribution in [2.75, 3.05) is 0 Å². The molecule has 1 unspecified atom stereocenters.